The lowest BCUT2D eigenvalue weighted by molar-refractivity contribution is -0.0229. The molecule has 1 atom stereocenters. The fourth-order valence-corrected chi connectivity index (χ4v) is 3.13. The third kappa shape index (κ3) is 6.01. The third-order valence-electron chi connectivity index (χ3n) is 2.75. The molecule has 5 nitrogen and oxygen atoms in total. The van der Waals surface area contributed by atoms with E-state index in [4.69, 9.17) is 16.3 Å². The predicted molar refractivity (Wildman–Crippen MR) is 69.0 cm³/mol. The Hall–Kier alpha value is 0.120. The fraction of sp³-hybridized carbons (Fsp3) is 1.00. The van der Waals surface area contributed by atoms with Crippen LogP contribution in [0.1, 0.15) is 13.3 Å². The maximum Gasteiger partial charge on any atom is 0.211 e. The number of hydrogen-bond acceptors (Lipinski definition) is 4. The second-order valence-electron chi connectivity index (χ2n) is 4.10. The van der Waals surface area contributed by atoms with Gasteiger partial charge in [0.2, 0.25) is 10.0 Å². The molecule has 0 aromatic heterocycles. The van der Waals surface area contributed by atoms with Crippen molar-refractivity contribution < 1.29 is 13.2 Å². The van der Waals surface area contributed by atoms with Gasteiger partial charge in [0.1, 0.15) is 0 Å². The molecule has 0 amide bonds. The highest BCUT2D eigenvalue weighted by molar-refractivity contribution is 7.89. The molecule has 17 heavy (non-hydrogen) atoms. The average molecular weight is 285 g/mol. The van der Waals surface area contributed by atoms with Crippen molar-refractivity contribution in [3.63, 3.8) is 0 Å². The molecule has 1 saturated heterocycles. The van der Waals surface area contributed by atoms with Crippen LogP contribution in [0.3, 0.4) is 0 Å². The number of rotatable bonds is 7. The van der Waals surface area contributed by atoms with Gasteiger partial charge in [0.15, 0.2) is 0 Å². The van der Waals surface area contributed by atoms with Gasteiger partial charge in [-0.25, -0.2) is 13.1 Å². The van der Waals surface area contributed by atoms with E-state index in [1.165, 1.54) is 0 Å². The average Bonchev–Trinajstić information content (AvgIpc) is 2.34. The van der Waals surface area contributed by atoms with Gasteiger partial charge in [-0.2, -0.15) is 0 Å². The van der Waals surface area contributed by atoms with Crippen LogP contribution in [0, 0.1) is 0 Å². The number of hydrogen-bond donors (Lipinski definition) is 1. The van der Waals surface area contributed by atoms with E-state index in [-0.39, 0.29) is 11.9 Å². The summed E-state index contributed by atoms with van der Waals surface area (Å²) in [6.45, 7) is 5.79. The monoisotopic (exact) mass is 284 g/mol. The second kappa shape index (κ2) is 7.53. The SMILES string of the molecule is CCN1CCOC(CNS(=O)(=O)CCCCl)C1. The summed E-state index contributed by atoms with van der Waals surface area (Å²) in [4.78, 5) is 2.25. The Morgan fingerprint density at radius 2 is 2.29 bits per heavy atom. The fourth-order valence-electron chi connectivity index (χ4n) is 1.73. The summed E-state index contributed by atoms with van der Waals surface area (Å²) < 4.78 is 31.2. The lowest BCUT2D eigenvalue weighted by Gasteiger charge is -2.32. The minimum atomic E-state index is -3.20. The first kappa shape index (κ1) is 15.2. The molecule has 0 spiro atoms. The summed E-state index contributed by atoms with van der Waals surface area (Å²) >= 11 is 5.47. The number of sulfonamides is 1. The summed E-state index contributed by atoms with van der Waals surface area (Å²) in [6, 6.07) is 0. The molecule has 1 N–H and O–H groups in total. The van der Waals surface area contributed by atoms with Crippen LogP contribution in [0.15, 0.2) is 0 Å². The van der Waals surface area contributed by atoms with Crippen molar-refractivity contribution in [2.45, 2.75) is 19.4 Å². The van der Waals surface area contributed by atoms with E-state index in [0.29, 0.717) is 25.5 Å². The normalized spacial score (nSPS) is 22.8. The molecular formula is C10H21ClN2O3S. The van der Waals surface area contributed by atoms with Crippen molar-refractivity contribution >= 4 is 21.6 Å². The number of morpholine rings is 1. The summed E-state index contributed by atoms with van der Waals surface area (Å²) in [5.74, 6) is 0.450. The van der Waals surface area contributed by atoms with Crippen LogP contribution in [0.4, 0.5) is 0 Å². The summed E-state index contributed by atoms with van der Waals surface area (Å²) in [7, 11) is -3.20. The van der Waals surface area contributed by atoms with Gasteiger partial charge < -0.3 is 4.74 Å². The highest BCUT2D eigenvalue weighted by atomic mass is 35.5. The van der Waals surface area contributed by atoms with Gasteiger partial charge in [0, 0.05) is 25.5 Å². The van der Waals surface area contributed by atoms with E-state index < -0.39 is 10.0 Å². The standard InChI is InChI=1S/C10H21ClN2O3S/c1-2-13-5-6-16-10(9-13)8-12-17(14,15)7-3-4-11/h10,12H,2-9H2,1H3. The van der Waals surface area contributed by atoms with E-state index in [1.807, 2.05) is 0 Å². The molecular weight excluding hydrogens is 264 g/mol. The minimum Gasteiger partial charge on any atom is -0.374 e. The maximum absolute atomic E-state index is 11.5. The van der Waals surface area contributed by atoms with Crippen LogP contribution in [0.2, 0.25) is 0 Å². The first-order valence-corrected chi connectivity index (χ1v) is 8.13. The zero-order chi connectivity index (χ0) is 12.7. The predicted octanol–water partition coefficient (Wildman–Crippen LogP) is 0.255. The summed E-state index contributed by atoms with van der Waals surface area (Å²) in [5, 5.41) is 0. The van der Waals surface area contributed by atoms with Gasteiger partial charge in [0.25, 0.3) is 0 Å². The van der Waals surface area contributed by atoms with Gasteiger partial charge in [-0.15, -0.1) is 11.6 Å². The minimum absolute atomic E-state index is 0.0468. The van der Waals surface area contributed by atoms with Gasteiger partial charge in [0.05, 0.1) is 18.5 Å². The quantitative estimate of drug-likeness (QED) is 0.681. The Labute approximate surface area is 109 Å². The molecule has 0 aliphatic carbocycles. The molecule has 1 rings (SSSR count). The highest BCUT2D eigenvalue weighted by Crippen LogP contribution is 2.04. The van der Waals surface area contributed by atoms with Crippen LogP contribution < -0.4 is 4.72 Å². The lowest BCUT2D eigenvalue weighted by atomic mass is 10.3. The topological polar surface area (TPSA) is 58.6 Å². The molecule has 1 aliphatic rings. The smallest absolute Gasteiger partial charge is 0.211 e. The maximum atomic E-state index is 11.5. The van der Waals surface area contributed by atoms with E-state index in [0.717, 1.165) is 19.6 Å². The third-order valence-corrected chi connectivity index (χ3v) is 4.45. The molecule has 7 heteroatoms. The molecule has 102 valence electrons. The molecule has 1 aliphatic heterocycles. The van der Waals surface area contributed by atoms with Crippen molar-refractivity contribution in [1.29, 1.82) is 0 Å². The summed E-state index contributed by atoms with van der Waals surface area (Å²) in [6.07, 6.45) is 0.429. The van der Waals surface area contributed by atoms with E-state index in [9.17, 15) is 8.42 Å². The van der Waals surface area contributed by atoms with Crippen LogP contribution >= 0.6 is 11.6 Å². The highest BCUT2D eigenvalue weighted by Gasteiger charge is 2.21. The Balaban J connectivity index is 2.29. The van der Waals surface area contributed by atoms with Crippen molar-refractivity contribution in [1.82, 2.24) is 9.62 Å². The van der Waals surface area contributed by atoms with E-state index in [1.54, 1.807) is 0 Å². The first-order chi connectivity index (χ1) is 8.07. The van der Waals surface area contributed by atoms with Crippen LogP contribution in [-0.2, 0) is 14.8 Å². The number of nitrogens with zero attached hydrogens (tertiary/aromatic N) is 1. The zero-order valence-electron chi connectivity index (χ0n) is 10.2. The Morgan fingerprint density at radius 1 is 1.53 bits per heavy atom. The lowest BCUT2D eigenvalue weighted by Crippen LogP contribution is -2.47. The van der Waals surface area contributed by atoms with Gasteiger partial charge in [-0.05, 0) is 13.0 Å². The zero-order valence-corrected chi connectivity index (χ0v) is 11.8. The first-order valence-electron chi connectivity index (χ1n) is 5.94. The van der Waals surface area contributed by atoms with E-state index in [2.05, 4.69) is 16.5 Å². The molecule has 1 heterocycles. The Morgan fingerprint density at radius 3 is 2.94 bits per heavy atom. The van der Waals surface area contributed by atoms with Crippen molar-refractivity contribution in [3.8, 4) is 0 Å². The van der Waals surface area contributed by atoms with Crippen molar-refractivity contribution in [2.75, 3.05) is 44.4 Å². The van der Waals surface area contributed by atoms with Gasteiger partial charge >= 0.3 is 0 Å². The molecule has 1 unspecified atom stereocenters. The number of likely N-dealkylation sites (N-methyl/N-ethyl adjacent to an activating group) is 1. The number of ether oxygens (including phenoxy) is 1. The molecule has 1 fully saturated rings. The molecule has 0 aromatic rings. The molecule has 0 bridgehead atoms. The van der Waals surface area contributed by atoms with Gasteiger partial charge in [-0.3, -0.25) is 4.90 Å². The number of alkyl halides is 1. The molecule has 0 radical (unpaired) electrons. The largest absolute Gasteiger partial charge is 0.374 e. The number of nitrogens with one attached hydrogen (secondary N) is 1. The van der Waals surface area contributed by atoms with Crippen LogP contribution in [0.5, 0.6) is 0 Å². The van der Waals surface area contributed by atoms with Crippen molar-refractivity contribution in [3.05, 3.63) is 0 Å². The molecule has 0 saturated carbocycles. The van der Waals surface area contributed by atoms with Crippen LogP contribution in [-0.4, -0.2) is 63.8 Å². The van der Waals surface area contributed by atoms with Crippen LogP contribution in [0.25, 0.3) is 0 Å². The second-order valence-corrected chi connectivity index (χ2v) is 6.40. The van der Waals surface area contributed by atoms with Gasteiger partial charge in [-0.1, -0.05) is 6.92 Å². The number of halogens is 1. The summed E-state index contributed by atoms with van der Waals surface area (Å²) in [5.41, 5.74) is 0. The Bertz CT molecular complexity index is 311. The molecule has 0 aromatic carbocycles. The Kier molecular flexibility index (Phi) is 6.72. The van der Waals surface area contributed by atoms with E-state index >= 15 is 0 Å². The van der Waals surface area contributed by atoms with Crippen molar-refractivity contribution in [2.24, 2.45) is 0 Å².